The van der Waals surface area contributed by atoms with Crippen LogP contribution in [0.2, 0.25) is 0 Å². The second-order valence-corrected chi connectivity index (χ2v) is 18.2. The lowest BCUT2D eigenvalue weighted by Crippen LogP contribution is -2.37. The molecular formula is C45H89NO8P+. The molecule has 0 heterocycles. The predicted octanol–water partition coefficient (Wildman–Crippen LogP) is 13.0. The van der Waals surface area contributed by atoms with Crippen LogP contribution in [0.4, 0.5) is 0 Å². The third-order valence-corrected chi connectivity index (χ3v) is 11.0. The maximum Gasteiger partial charge on any atom is 0.472 e. The van der Waals surface area contributed by atoms with Gasteiger partial charge in [0.05, 0.1) is 27.7 Å². The molecule has 2 atom stereocenters. The number of carbonyl (C=O) groups excluding carboxylic acids is 2. The first-order valence-electron chi connectivity index (χ1n) is 22.9. The topological polar surface area (TPSA) is 108 Å². The number of quaternary nitrogens is 1. The fourth-order valence-corrected chi connectivity index (χ4v) is 7.17. The summed E-state index contributed by atoms with van der Waals surface area (Å²) in [6.07, 6.45) is 40.1. The first-order valence-corrected chi connectivity index (χ1v) is 24.4. The van der Waals surface area contributed by atoms with Gasteiger partial charge < -0.3 is 18.9 Å². The maximum absolute atomic E-state index is 12.7. The molecule has 9 nitrogen and oxygen atoms in total. The van der Waals surface area contributed by atoms with Crippen LogP contribution in [0.15, 0.2) is 12.2 Å². The van der Waals surface area contributed by atoms with Gasteiger partial charge in [-0.2, -0.15) is 0 Å². The molecule has 55 heavy (non-hydrogen) atoms. The number of allylic oxidation sites excluding steroid dienone is 2. The van der Waals surface area contributed by atoms with Gasteiger partial charge in [-0.15, -0.1) is 0 Å². The highest BCUT2D eigenvalue weighted by atomic mass is 31.2. The van der Waals surface area contributed by atoms with Crippen molar-refractivity contribution in [2.24, 2.45) is 0 Å². The molecule has 0 aliphatic carbocycles. The summed E-state index contributed by atoms with van der Waals surface area (Å²) in [6, 6.07) is 0. The number of likely N-dealkylation sites (N-methyl/N-ethyl adjacent to an activating group) is 1. The number of phosphoric ester groups is 1. The standard InChI is InChI=1S/C45H88NO8P/c1-6-8-10-12-14-16-17-18-19-20-21-22-23-24-25-26-27-28-29-30-32-34-36-38-45(48)54-43(42-53-55(49,50)52-40-39-46(3,4)5)41-51-44(47)37-35-33-31-15-13-11-9-7-2/h30,32,43H,6-29,31,33-42H2,1-5H3/p+1/b32-30+/t43-/m1/s1. The van der Waals surface area contributed by atoms with Crippen molar-refractivity contribution in [2.45, 2.75) is 219 Å². The Morgan fingerprint density at radius 3 is 1.40 bits per heavy atom. The van der Waals surface area contributed by atoms with Gasteiger partial charge in [0.2, 0.25) is 0 Å². The molecular weight excluding hydrogens is 713 g/mol. The van der Waals surface area contributed by atoms with Gasteiger partial charge in [-0.25, -0.2) is 4.57 Å². The molecule has 1 unspecified atom stereocenters. The number of carbonyl (C=O) groups is 2. The van der Waals surface area contributed by atoms with Crippen LogP contribution in [0.25, 0.3) is 0 Å². The lowest BCUT2D eigenvalue weighted by molar-refractivity contribution is -0.870. The van der Waals surface area contributed by atoms with Crippen LogP contribution in [-0.2, 0) is 32.7 Å². The molecule has 0 rings (SSSR count). The lowest BCUT2D eigenvalue weighted by atomic mass is 10.0. The molecule has 0 fully saturated rings. The summed E-state index contributed by atoms with van der Waals surface area (Å²) in [7, 11) is 1.47. The van der Waals surface area contributed by atoms with Gasteiger partial charge in [-0.1, -0.05) is 180 Å². The average Bonchev–Trinajstić information content (AvgIpc) is 3.13. The highest BCUT2D eigenvalue weighted by Crippen LogP contribution is 2.43. The number of phosphoric acid groups is 1. The average molecular weight is 803 g/mol. The van der Waals surface area contributed by atoms with Gasteiger partial charge in [0.1, 0.15) is 19.8 Å². The van der Waals surface area contributed by atoms with E-state index in [9.17, 15) is 19.0 Å². The number of hydrogen-bond acceptors (Lipinski definition) is 7. The second-order valence-electron chi connectivity index (χ2n) is 16.8. The Kier molecular flexibility index (Phi) is 37.4. The highest BCUT2D eigenvalue weighted by Gasteiger charge is 2.27. The van der Waals surface area contributed by atoms with Crippen LogP contribution in [0.1, 0.15) is 213 Å². The number of unbranched alkanes of at least 4 members (excludes halogenated alkanes) is 26. The van der Waals surface area contributed by atoms with Crippen molar-refractivity contribution in [1.82, 2.24) is 0 Å². The summed E-state index contributed by atoms with van der Waals surface area (Å²) in [4.78, 5) is 35.2. The predicted molar refractivity (Wildman–Crippen MR) is 229 cm³/mol. The Morgan fingerprint density at radius 1 is 0.545 bits per heavy atom. The van der Waals surface area contributed by atoms with Crippen molar-refractivity contribution in [3.8, 4) is 0 Å². The Hall–Kier alpha value is -1.25. The maximum atomic E-state index is 12.7. The van der Waals surface area contributed by atoms with E-state index in [0.717, 1.165) is 32.1 Å². The Labute approximate surface area is 339 Å². The zero-order valence-electron chi connectivity index (χ0n) is 36.7. The first kappa shape index (κ1) is 53.8. The van der Waals surface area contributed by atoms with Gasteiger partial charge in [-0.05, 0) is 32.1 Å². The molecule has 0 radical (unpaired) electrons. The summed E-state index contributed by atoms with van der Waals surface area (Å²) in [5.74, 6) is -0.832. The van der Waals surface area contributed by atoms with Crippen molar-refractivity contribution >= 4 is 19.8 Å². The Bertz CT molecular complexity index is 954. The summed E-state index contributed by atoms with van der Waals surface area (Å²) in [5.41, 5.74) is 0. The minimum Gasteiger partial charge on any atom is -0.462 e. The minimum absolute atomic E-state index is 0.0301. The molecule has 0 aliphatic rings. The van der Waals surface area contributed by atoms with Crippen molar-refractivity contribution in [2.75, 3.05) is 47.5 Å². The molecule has 0 aliphatic heterocycles. The number of nitrogens with zero attached hydrogens (tertiary/aromatic N) is 1. The monoisotopic (exact) mass is 803 g/mol. The fourth-order valence-electron chi connectivity index (χ4n) is 6.43. The molecule has 1 N–H and O–H groups in total. The van der Waals surface area contributed by atoms with Crippen LogP contribution < -0.4 is 0 Å². The molecule has 0 aromatic heterocycles. The van der Waals surface area contributed by atoms with Crippen LogP contribution >= 0.6 is 7.82 Å². The number of hydrogen-bond donors (Lipinski definition) is 1. The van der Waals surface area contributed by atoms with E-state index in [1.807, 2.05) is 21.1 Å². The Morgan fingerprint density at radius 2 is 0.945 bits per heavy atom. The van der Waals surface area contributed by atoms with Crippen LogP contribution in [0, 0.1) is 0 Å². The normalized spacial score (nSPS) is 13.6. The summed E-state index contributed by atoms with van der Waals surface area (Å²) in [5, 5.41) is 0. The van der Waals surface area contributed by atoms with E-state index >= 15 is 0 Å². The van der Waals surface area contributed by atoms with E-state index in [-0.39, 0.29) is 32.0 Å². The van der Waals surface area contributed by atoms with Gasteiger partial charge in [0.15, 0.2) is 6.10 Å². The van der Waals surface area contributed by atoms with Crippen LogP contribution in [0.3, 0.4) is 0 Å². The SMILES string of the molecule is CCCCCCCCCCCCCCCCCCCC/C=C/CCCC(=O)O[C@H](COC(=O)CCCCCCCCCC)COP(=O)(O)OCC[N+](C)(C)C. The van der Waals surface area contributed by atoms with Gasteiger partial charge in [0.25, 0.3) is 0 Å². The number of rotatable bonds is 42. The molecule has 0 saturated carbocycles. The summed E-state index contributed by atoms with van der Waals surface area (Å²) in [6.45, 7) is 4.38. The molecule has 0 amide bonds. The van der Waals surface area contributed by atoms with Gasteiger partial charge >= 0.3 is 19.8 Å². The van der Waals surface area contributed by atoms with Crippen LogP contribution in [-0.4, -0.2) is 74.9 Å². The molecule has 0 spiro atoms. The molecule has 0 bridgehead atoms. The van der Waals surface area contributed by atoms with E-state index < -0.39 is 26.5 Å². The highest BCUT2D eigenvalue weighted by molar-refractivity contribution is 7.47. The van der Waals surface area contributed by atoms with E-state index in [1.165, 1.54) is 148 Å². The first-order chi connectivity index (χ1) is 26.5. The largest absolute Gasteiger partial charge is 0.472 e. The summed E-state index contributed by atoms with van der Waals surface area (Å²) < 4.78 is 34.2. The summed E-state index contributed by atoms with van der Waals surface area (Å²) >= 11 is 0. The zero-order chi connectivity index (χ0) is 40.7. The van der Waals surface area contributed by atoms with E-state index in [4.69, 9.17) is 18.5 Å². The fraction of sp³-hybridized carbons (Fsp3) is 0.911. The van der Waals surface area contributed by atoms with E-state index in [1.54, 1.807) is 0 Å². The van der Waals surface area contributed by atoms with Gasteiger partial charge in [-0.3, -0.25) is 18.6 Å². The third-order valence-electron chi connectivity index (χ3n) is 10.0. The van der Waals surface area contributed by atoms with Crippen molar-refractivity contribution < 1.29 is 42.1 Å². The van der Waals surface area contributed by atoms with Crippen LogP contribution in [0.5, 0.6) is 0 Å². The minimum atomic E-state index is -4.37. The van der Waals surface area contributed by atoms with Crippen molar-refractivity contribution in [1.29, 1.82) is 0 Å². The van der Waals surface area contributed by atoms with Crippen molar-refractivity contribution in [3.05, 3.63) is 12.2 Å². The van der Waals surface area contributed by atoms with Crippen molar-refractivity contribution in [3.63, 3.8) is 0 Å². The molecule has 0 aromatic rings. The molecule has 326 valence electrons. The van der Waals surface area contributed by atoms with E-state index in [2.05, 4.69) is 26.0 Å². The lowest BCUT2D eigenvalue weighted by Gasteiger charge is -2.24. The van der Waals surface area contributed by atoms with E-state index in [0.29, 0.717) is 17.4 Å². The molecule has 0 saturated heterocycles. The molecule has 10 heteroatoms. The Balaban J connectivity index is 4.18. The van der Waals surface area contributed by atoms with Gasteiger partial charge in [0, 0.05) is 12.8 Å². The molecule has 0 aromatic carbocycles. The number of ether oxygens (including phenoxy) is 2. The quantitative estimate of drug-likeness (QED) is 0.0214. The third kappa shape index (κ3) is 42.2. The smallest absolute Gasteiger partial charge is 0.462 e. The second kappa shape index (κ2) is 38.3. The zero-order valence-corrected chi connectivity index (χ0v) is 37.6. The number of esters is 2.